The highest BCUT2D eigenvalue weighted by Gasteiger charge is 2.21. The summed E-state index contributed by atoms with van der Waals surface area (Å²) in [7, 11) is 3.25. The summed E-state index contributed by atoms with van der Waals surface area (Å²) in [5, 5.41) is 0. The van der Waals surface area contributed by atoms with E-state index in [0.29, 0.717) is 37.7 Å². The fourth-order valence-corrected chi connectivity index (χ4v) is 3.40. The molecule has 1 heterocycles. The molecule has 2 aromatic rings. The number of benzene rings is 2. The van der Waals surface area contributed by atoms with Crippen molar-refractivity contribution in [3.63, 3.8) is 0 Å². The molecule has 0 saturated heterocycles. The van der Waals surface area contributed by atoms with Crippen LogP contribution in [-0.2, 0) is 22.6 Å². The van der Waals surface area contributed by atoms with Gasteiger partial charge in [0.05, 0.1) is 20.8 Å². The zero-order chi connectivity index (χ0) is 20.5. The van der Waals surface area contributed by atoms with E-state index in [1.807, 2.05) is 42.6 Å². The van der Waals surface area contributed by atoms with Gasteiger partial charge in [0.2, 0.25) is 5.91 Å². The molecule has 3 rings (SSSR count). The van der Waals surface area contributed by atoms with E-state index in [4.69, 9.17) is 14.2 Å². The SMILES string of the molecule is COc1ccc(CCN2C=C[C@H](CCOCc3ccccc3)CC2=O)cc1OC. The van der Waals surface area contributed by atoms with E-state index in [2.05, 4.69) is 18.2 Å². The summed E-state index contributed by atoms with van der Waals surface area (Å²) in [5.74, 6) is 1.83. The second-order valence-corrected chi connectivity index (χ2v) is 7.16. The lowest BCUT2D eigenvalue weighted by molar-refractivity contribution is -0.130. The van der Waals surface area contributed by atoms with Crippen molar-refractivity contribution in [1.29, 1.82) is 0 Å². The predicted octanol–water partition coefficient (Wildman–Crippen LogP) is 4.22. The zero-order valence-electron chi connectivity index (χ0n) is 17.2. The molecule has 0 fully saturated rings. The number of carbonyl (C=O) groups excluding carboxylic acids is 1. The first kappa shape index (κ1) is 20.9. The topological polar surface area (TPSA) is 48.0 Å². The molecule has 0 saturated carbocycles. The molecule has 0 N–H and O–H groups in total. The third-order valence-corrected chi connectivity index (χ3v) is 5.13. The molecule has 0 spiro atoms. The van der Waals surface area contributed by atoms with Gasteiger partial charge in [-0.05, 0) is 42.0 Å². The van der Waals surface area contributed by atoms with Gasteiger partial charge < -0.3 is 19.1 Å². The monoisotopic (exact) mass is 395 g/mol. The van der Waals surface area contributed by atoms with Crippen LogP contribution in [0.3, 0.4) is 0 Å². The number of methoxy groups -OCH3 is 2. The molecule has 2 aromatic carbocycles. The van der Waals surface area contributed by atoms with E-state index in [1.165, 1.54) is 5.56 Å². The summed E-state index contributed by atoms with van der Waals surface area (Å²) >= 11 is 0. The molecular formula is C24H29NO4. The Bertz CT molecular complexity index is 819. The highest BCUT2D eigenvalue weighted by Crippen LogP contribution is 2.28. The molecular weight excluding hydrogens is 366 g/mol. The number of amides is 1. The van der Waals surface area contributed by atoms with Gasteiger partial charge in [-0.1, -0.05) is 42.5 Å². The van der Waals surface area contributed by atoms with Crippen molar-refractivity contribution < 1.29 is 19.0 Å². The van der Waals surface area contributed by atoms with Crippen LogP contribution in [0.5, 0.6) is 11.5 Å². The Morgan fingerprint density at radius 1 is 1.00 bits per heavy atom. The minimum atomic E-state index is 0.168. The first-order valence-electron chi connectivity index (χ1n) is 10.00. The molecule has 0 unspecified atom stereocenters. The number of allylic oxidation sites excluding steroid dienone is 1. The van der Waals surface area contributed by atoms with E-state index < -0.39 is 0 Å². The smallest absolute Gasteiger partial charge is 0.227 e. The van der Waals surface area contributed by atoms with Crippen LogP contribution in [0.2, 0.25) is 0 Å². The lowest BCUT2D eigenvalue weighted by Gasteiger charge is -2.26. The van der Waals surface area contributed by atoms with Gasteiger partial charge in [-0.15, -0.1) is 0 Å². The molecule has 0 bridgehead atoms. The number of carbonyl (C=O) groups is 1. The zero-order valence-corrected chi connectivity index (χ0v) is 17.2. The van der Waals surface area contributed by atoms with Gasteiger partial charge in [0.25, 0.3) is 0 Å². The van der Waals surface area contributed by atoms with Crippen molar-refractivity contribution in [1.82, 2.24) is 4.90 Å². The summed E-state index contributed by atoms with van der Waals surface area (Å²) in [5.41, 5.74) is 2.28. The summed E-state index contributed by atoms with van der Waals surface area (Å²) < 4.78 is 16.4. The highest BCUT2D eigenvalue weighted by molar-refractivity contribution is 5.78. The highest BCUT2D eigenvalue weighted by atomic mass is 16.5. The van der Waals surface area contributed by atoms with E-state index in [9.17, 15) is 4.79 Å². The fourth-order valence-electron chi connectivity index (χ4n) is 3.40. The Balaban J connectivity index is 1.43. The third-order valence-electron chi connectivity index (χ3n) is 5.13. The maximum absolute atomic E-state index is 12.5. The van der Waals surface area contributed by atoms with Crippen molar-refractivity contribution >= 4 is 5.91 Å². The van der Waals surface area contributed by atoms with Crippen molar-refractivity contribution in [2.45, 2.75) is 25.9 Å². The summed E-state index contributed by atoms with van der Waals surface area (Å²) in [6.07, 6.45) is 6.22. The van der Waals surface area contributed by atoms with Crippen molar-refractivity contribution in [3.05, 3.63) is 71.9 Å². The largest absolute Gasteiger partial charge is 0.493 e. The van der Waals surface area contributed by atoms with E-state index in [1.54, 1.807) is 19.1 Å². The van der Waals surface area contributed by atoms with Gasteiger partial charge in [0.15, 0.2) is 11.5 Å². The Morgan fingerprint density at radius 2 is 1.79 bits per heavy atom. The van der Waals surface area contributed by atoms with Gasteiger partial charge >= 0.3 is 0 Å². The molecule has 5 heteroatoms. The number of ether oxygens (including phenoxy) is 3. The van der Waals surface area contributed by atoms with Gasteiger partial charge in [0, 0.05) is 25.8 Å². The normalized spacial score (nSPS) is 16.1. The van der Waals surface area contributed by atoms with Crippen LogP contribution in [0.1, 0.15) is 24.0 Å². The molecule has 1 atom stereocenters. The van der Waals surface area contributed by atoms with Gasteiger partial charge in [-0.2, -0.15) is 0 Å². The maximum Gasteiger partial charge on any atom is 0.227 e. The predicted molar refractivity (Wildman–Crippen MR) is 113 cm³/mol. The molecule has 29 heavy (non-hydrogen) atoms. The van der Waals surface area contributed by atoms with Crippen LogP contribution in [0, 0.1) is 5.92 Å². The number of hydrogen-bond donors (Lipinski definition) is 0. The summed E-state index contributed by atoms with van der Waals surface area (Å²) in [4.78, 5) is 14.3. The van der Waals surface area contributed by atoms with Crippen LogP contribution in [0.15, 0.2) is 60.8 Å². The van der Waals surface area contributed by atoms with E-state index in [-0.39, 0.29) is 11.8 Å². The first-order valence-corrected chi connectivity index (χ1v) is 10.00. The average Bonchev–Trinajstić information content (AvgIpc) is 2.76. The molecule has 0 radical (unpaired) electrons. The van der Waals surface area contributed by atoms with E-state index in [0.717, 1.165) is 18.4 Å². The van der Waals surface area contributed by atoms with Crippen LogP contribution in [0.25, 0.3) is 0 Å². The second-order valence-electron chi connectivity index (χ2n) is 7.16. The van der Waals surface area contributed by atoms with E-state index >= 15 is 0 Å². The minimum Gasteiger partial charge on any atom is -0.493 e. The molecule has 1 amide bonds. The van der Waals surface area contributed by atoms with Gasteiger partial charge in [0.1, 0.15) is 0 Å². The number of rotatable bonds is 10. The Kier molecular flexibility index (Phi) is 7.70. The van der Waals surface area contributed by atoms with Gasteiger partial charge in [-0.25, -0.2) is 0 Å². The fraction of sp³-hybridized carbons (Fsp3) is 0.375. The van der Waals surface area contributed by atoms with Crippen molar-refractivity contribution in [2.75, 3.05) is 27.4 Å². The molecule has 1 aliphatic heterocycles. The first-order chi connectivity index (χ1) is 14.2. The maximum atomic E-state index is 12.5. The Hall–Kier alpha value is -2.79. The second kappa shape index (κ2) is 10.7. The van der Waals surface area contributed by atoms with Crippen LogP contribution < -0.4 is 9.47 Å². The molecule has 5 nitrogen and oxygen atoms in total. The average molecular weight is 395 g/mol. The minimum absolute atomic E-state index is 0.168. The van der Waals surface area contributed by atoms with Crippen LogP contribution in [0.4, 0.5) is 0 Å². The lowest BCUT2D eigenvalue weighted by atomic mass is 9.98. The molecule has 0 aliphatic carbocycles. The van der Waals surface area contributed by atoms with Crippen LogP contribution >= 0.6 is 0 Å². The number of hydrogen-bond acceptors (Lipinski definition) is 4. The van der Waals surface area contributed by atoms with Gasteiger partial charge in [-0.3, -0.25) is 4.79 Å². The van der Waals surface area contributed by atoms with Crippen molar-refractivity contribution in [3.8, 4) is 11.5 Å². The molecule has 1 aliphatic rings. The number of nitrogens with zero attached hydrogens (tertiary/aromatic N) is 1. The van der Waals surface area contributed by atoms with Crippen molar-refractivity contribution in [2.24, 2.45) is 5.92 Å². The lowest BCUT2D eigenvalue weighted by Crippen LogP contribution is -2.32. The molecule has 154 valence electrons. The standard InChI is InChI=1S/C24H29NO4/c1-27-22-9-8-19(16-23(22)28-2)10-13-25-14-11-20(17-24(25)26)12-15-29-18-21-6-4-3-5-7-21/h3-9,11,14,16,20H,10,12-13,15,17-18H2,1-2H3/t20-/m1/s1. The third kappa shape index (κ3) is 6.09. The quantitative estimate of drug-likeness (QED) is 0.565. The Morgan fingerprint density at radius 3 is 2.52 bits per heavy atom. The summed E-state index contributed by atoms with van der Waals surface area (Å²) in [6, 6.07) is 16.0. The summed E-state index contributed by atoms with van der Waals surface area (Å²) in [6.45, 7) is 1.92. The molecule has 0 aromatic heterocycles. The Labute approximate surface area is 172 Å². The van der Waals surface area contributed by atoms with Crippen LogP contribution in [-0.4, -0.2) is 38.2 Å².